The highest BCUT2D eigenvalue weighted by molar-refractivity contribution is 7.12. The van der Waals surface area contributed by atoms with Gasteiger partial charge in [-0.1, -0.05) is 18.2 Å². The third-order valence-electron chi connectivity index (χ3n) is 4.34. The molecule has 28 heavy (non-hydrogen) atoms. The second kappa shape index (κ2) is 8.18. The Hall–Kier alpha value is -2.61. The van der Waals surface area contributed by atoms with Gasteiger partial charge in [-0.25, -0.2) is 4.98 Å². The number of carbonyl (C=O) groups is 1. The lowest BCUT2D eigenvalue weighted by Gasteiger charge is -2.26. The maximum atomic E-state index is 12.9. The molecule has 0 spiro atoms. The summed E-state index contributed by atoms with van der Waals surface area (Å²) in [6.07, 6.45) is -1.07. The highest BCUT2D eigenvalue weighted by Crippen LogP contribution is 2.29. The largest absolute Gasteiger partial charge is 0.416 e. The molecule has 0 aliphatic heterocycles. The number of halogens is 3. The van der Waals surface area contributed by atoms with Gasteiger partial charge in [-0.2, -0.15) is 13.2 Å². The van der Waals surface area contributed by atoms with E-state index in [4.69, 9.17) is 0 Å². The van der Waals surface area contributed by atoms with Crippen LogP contribution in [0.1, 0.15) is 40.5 Å². The molecule has 8 heteroatoms. The predicted octanol–water partition coefficient (Wildman–Crippen LogP) is 5.06. The average molecular weight is 407 g/mol. The Bertz CT molecular complexity index is 932. The minimum absolute atomic E-state index is 0.0479. The Kier molecular flexibility index (Phi) is 5.88. The summed E-state index contributed by atoms with van der Waals surface area (Å²) in [5.41, 5.74) is -0.155. The van der Waals surface area contributed by atoms with E-state index in [1.165, 1.54) is 17.4 Å². The van der Waals surface area contributed by atoms with Gasteiger partial charge in [-0.3, -0.25) is 4.79 Å². The number of alkyl halides is 3. The van der Waals surface area contributed by atoms with E-state index in [9.17, 15) is 18.0 Å². The van der Waals surface area contributed by atoms with Gasteiger partial charge in [0, 0.05) is 25.0 Å². The molecule has 3 aromatic rings. The molecule has 0 fully saturated rings. The molecule has 0 bridgehead atoms. The Morgan fingerprint density at radius 3 is 2.68 bits per heavy atom. The fraction of sp³-hybridized carbons (Fsp3) is 0.300. The van der Waals surface area contributed by atoms with E-state index in [1.807, 2.05) is 25.3 Å². The molecule has 1 amide bonds. The van der Waals surface area contributed by atoms with Crippen LogP contribution in [0.2, 0.25) is 0 Å². The van der Waals surface area contributed by atoms with Crippen LogP contribution in [-0.2, 0) is 19.3 Å². The van der Waals surface area contributed by atoms with Crippen molar-refractivity contribution < 1.29 is 18.0 Å². The number of aromatic nitrogens is 2. The first-order chi connectivity index (χ1) is 13.3. The topological polar surface area (TPSA) is 38.1 Å². The SMILES string of the molecule is CC(C)N(Cc1nccn1Cc1cccc(C(F)(F)F)c1)C(=O)c1cccs1. The normalized spacial score (nSPS) is 11.8. The quantitative estimate of drug-likeness (QED) is 0.573. The van der Waals surface area contributed by atoms with Crippen LogP contribution >= 0.6 is 11.3 Å². The molecular weight excluding hydrogens is 387 g/mol. The van der Waals surface area contributed by atoms with Crippen molar-refractivity contribution in [3.05, 3.63) is 76.0 Å². The monoisotopic (exact) mass is 407 g/mol. The van der Waals surface area contributed by atoms with E-state index in [0.717, 1.165) is 12.1 Å². The number of imidazole rings is 1. The fourth-order valence-electron chi connectivity index (χ4n) is 2.86. The molecule has 2 aromatic heterocycles. The van der Waals surface area contributed by atoms with E-state index in [2.05, 4.69) is 4.98 Å². The smallest absolute Gasteiger partial charge is 0.329 e. The molecule has 0 aliphatic carbocycles. The van der Waals surface area contributed by atoms with Crippen LogP contribution in [0.15, 0.2) is 54.2 Å². The summed E-state index contributed by atoms with van der Waals surface area (Å²) in [4.78, 5) is 19.4. The molecule has 0 N–H and O–H groups in total. The van der Waals surface area contributed by atoms with Crippen LogP contribution in [0.5, 0.6) is 0 Å². The maximum Gasteiger partial charge on any atom is 0.416 e. The molecule has 0 saturated heterocycles. The van der Waals surface area contributed by atoms with Crippen LogP contribution < -0.4 is 0 Å². The van der Waals surface area contributed by atoms with Crippen LogP contribution in [-0.4, -0.2) is 26.4 Å². The molecule has 4 nitrogen and oxygen atoms in total. The van der Waals surface area contributed by atoms with Gasteiger partial charge >= 0.3 is 6.18 Å². The molecule has 0 unspecified atom stereocenters. The minimum atomic E-state index is -4.38. The number of hydrogen-bond donors (Lipinski definition) is 0. The van der Waals surface area contributed by atoms with E-state index in [1.54, 1.807) is 34.0 Å². The summed E-state index contributed by atoms with van der Waals surface area (Å²) < 4.78 is 40.6. The molecule has 0 atom stereocenters. The zero-order valence-corrected chi connectivity index (χ0v) is 16.3. The lowest BCUT2D eigenvalue weighted by Crippen LogP contribution is -2.36. The van der Waals surface area contributed by atoms with Crippen molar-refractivity contribution >= 4 is 17.2 Å². The van der Waals surface area contributed by atoms with E-state index >= 15 is 0 Å². The van der Waals surface area contributed by atoms with Crippen LogP contribution in [0.4, 0.5) is 13.2 Å². The summed E-state index contributed by atoms with van der Waals surface area (Å²) in [5.74, 6) is 0.537. The van der Waals surface area contributed by atoms with Crippen LogP contribution in [0.25, 0.3) is 0 Å². The number of nitrogens with zero attached hydrogens (tertiary/aromatic N) is 3. The van der Waals surface area contributed by atoms with Gasteiger partial charge in [0.1, 0.15) is 5.82 Å². The number of thiophene rings is 1. The van der Waals surface area contributed by atoms with Gasteiger partial charge in [0.15, 0.2) is 0 Å². The van der Waals surface area contributed by atoms with E-state index in [-0.39, 0.29) is 25.0 Å². The molecular formula is C20H20F3N3OS. The predicted molar refractivity (Wildman–Crippen MR) is 102 cm³/mol. The second-order valence-electron chi connectivity index (χ2n) is 6.67. The van der Waals surface area contributed by atoms with Crippen LogP contribution in [0.3, 0.4) is 0 Å². The van der Waals surface area contributed by atoms with Gasteiger partial charge in [0.2, 0.25) is 0 Å². The van der Waals surface area contributed by atoms with E-state index < -0.39 is 11.7 Å². The molecule has 0 radical (unpaired) electrons. The molecule has 0 saturated carbocycles. The maximum absolute atomic E-state index is 12.9. The van der Waals surface area contributed by atoms with E-state index in [0.29, 0.717) is 16.3 Å². The summed E-state index contributed by atoms with van der Waals surface area (Å²) in [5, 5.41) is 1.85. The lowest BCUT2D eigenvalue weighted by atomic mass is 10.1. The number of benzene rings is 1. The average Bonchev–Trinajstić information content (AvgIpc) is 3.30. The molecule has 2 heterocycles. The zero-order valence-electron chi connectivity index (χ0n) is 15.5. The van der Waals surface area contributed by atoms with Gasteiger partial charge in [0.05, 0.1) is 17.0 Å². The number of rotatable bonds is 6. The molecule has 1 aromatic carbocycles. The first-order valence-corrected chi connectivity index (χ1v) is 9.64. The first kappa shape index (κ1) is 20.1. The van der Waals surface area contributed by atoms with Crippen molar-refractivity contribution in [2.45, 2.75) is 39.2 Å². The third kappa shape index (κ3) is 4.62. The number of hydrogen-bond acceptors (Lipinski definition) is 3. The Balaban J connectivity index is 1.80. The van der Waals surface area contributed by atoms with Crippen molar-refractivity contribution in [1.29, 1.82) is 0 Å². The first-order valence-electron chi connectivity index (χ1n) is 8.76. The summed E-state index contributed by atoms with van der Waals surface area (Å²) in [6, 6.07) is 8.79. The fourth-order valence-corrected chi connectivity index (χ4v) is 3.54. The second-order valence-corrected chi connectivity index (χ2v) is 7.62. The minimum Gasteiger partial charge on any atom is -0.329 e. The van der Waals surface area contributed by atoms with Crippen molar-refractivity contribution in [3.8, 4) is 0 Å². The van der Waals surface area contributed by atoms with Crippen molar-refractivity contribution in [2.75, 3.05) is 0 Å². The van der Waals surface area contributed by atoms with Crippen molar-refractivity contribution in [3.63, 3.8) is 0 Å². The highest BCUT2D eigenvalue weighted by Gasteiger charge is 2.30. The third-order valence-corrected chi connectivity index (χ3v) is 5.19. The standard InChI is InChI=1S/C20H20F3N3OS/c1-14(2)26(19(27)17-7-4-10-28-17)13-18-24-8-9-25(18)12-15-5-3-6-16(11-15)20(21,22)23/h3-11,14H,12-13H2,1-2H3. The van der Waals surface area contributed by atoms with Crippen molar-refractivity contribution in [2.24, 2.45) is 0 Å². The summed E-state index contributed by atoms with van der Waals surface area (Å²) in [6.45, 7) is 4.37. The molecule has 148 valence electrons. The Morgan fingerprint density at radius 2 is 2.04 bits per heavy atom. The lowest BCUT2D eigenvalue weighted by molar-refractivity contribution is -0.137. The Labute approximate surface area is 165 Å². The van der Waals surface area contributed by atoms with Gasteiger partial charge in [-0.05, 0) is 43.0 Å². The van der Waals surface area contributed by atoms with Crippen LogP contribution in [0, 0.1) is 0 Å². The zero-order chi connectivity index (χ0) is 20.3. The highest BCUT2D eigenvalue weighted by atomic mass is 32.1. The summed E-state index contributed by atoms with van der Waals surface area (Å²) >= 11 is 1.38. The number of amides is 1. The summed E-state index contributed by atoms with van der Waals surface area (Å²) in [7, 11) is 0. The van der Waals surface area contributed by atoms with Crippen molar-refractivity contribution in [1.82, 2.24) is 14.5 Å². The molecule has 3 rings (SSSR count). The van der Waals surface area contributed by atoms with Gasteiger partial charge in [0.25, 0.3) is 5.91 Å². The van der Waals surface area contributed by atoms with Gasteiger partial charge < -0.3 is 9.47 Å². The Morgan fingerprint density at radius 1 is 1.25 bits per heavy atom. The molecule has 0 aliphatic rings. The van der Waals surface area contributed by atoms with Gasteiger partial charge in [-0.15, -0.1) is 11.3 Å². The number of carbonyl (C=O) groups excluding carboxylic acids is 1.